The van der Waals surface area contributed by atoms with E-state index in [1.54, 1.807) is 23.1 Å². The van der Waals surface area contributed by atoms with Gasteiger partial charge in [0, 0.05) is 12.4 Å². The normalized spacial score (nSPS) is 16.4. The zero-order valence-corrected chi connectivity index (χ0v) is 11.8. The second-order valence-electron chi connectivity index (χ2n) is 5.07. The second-order valence-corrected chi connectivity index (χ2v) is 5.07. The topological polar surface area (TPSA) is 104 Å². The minimum Gasteiger partial charge on any atom is -0.460 e. The molecule has 3 N–H and O–H groups in total. The first-order valence-electron chi connectivity index (χ1n) is 7.24. The van der Waals surface area contributed by atoms with Crippen LogP contribution in [0.1, 0.15) is 38.5 Å². The molecule has 0 spiro atoms. The number of nitrogen functional groups attached to an aromatic ring is 1. The van der Waals surface area contributed by atoms with Crippen molar-refractivity contribution in [3.63, 3.8) is 0 Å². The van der Waals surface area contributed by atoms with Crippen molar-refractivity contribution in [1.29, 1.82) is 0 Å². The molecule has 0 atom stereocenters. The van der Waals surface area contributed by atoms with Crippen LogP contribution in [0, 0.1) is 0 Å². The molecule has 2 heterocycles. The Hall–Kier alpha value is -2.22. The van der Waals surface area contributed by atoms with Crippen LogP contribution in [0.15, 0.2) is 18.5 Å². The Balaban J connectivity index is 1.82. The molecule has 1 fully saturated rings. The molecular formula is C13H19N7O. The Morgan fingerprint density at radius 3 is 2.62 bits per heavy atom. The lowest BCUT2D eigenvalue weighted by Crippen LogP contribution is -2.20. The summed E-state index contributed by atoms with van der Waals surface area (Å²) in [6.45, 7) is 0. The van der Waals surface area contributed by atoms with Gasteiger partial charge >= 0.3 is 6.01 Å². The standard InChI is InChI=1S/C13H19N7O/c14-19-11-16-12(20-9-5-8-15-20)18-13(17-11)21-10-6-3-1-2-4-7-10/h5,8-10H,1-4,6-7,14H2,(H,16,17,18,19). The summed E-state index contributed by atoms with van der Waals surface area (Å²) in [6.07, 6.45) is 10.5. The molecule has 0 saturated heterocycles. The fourth-order valence-electron chi connectivity index (χ4n) is 2.46. The van der Waals surface area contributed by atoms with Gasteiger partial charge < -0.3 is 4.74 Å². The molecule has 2 aromatic rings. The lowest BCUT2D eigenvalue weighted by Gasteiger charge is -2.15. The molecule has 112 valence electrons. The number of ether oxygens (including phenoxy) is 1. The van der Waals surface area contributed by atoms with Crippen molar-refractivity contribution in [2.75, 3.05) is 5.43 Å². The van der Waals surface area contributed by atoms with Gasteiger partial charge in [-0.2, -0.15) is 20.1 Å². The Morgan fingerprint density at radius 1 is 1.14 bits per heavy atom. The lowest BCUT2D eigenvalue weighted by atomic mass is 10.2. The van der Waals surface area contributed by atoms with Gasteiger partial charge in [0.2, 0.25) is 5.95 Å². The number of aromatic nitrogens is 5. The highest BCUT2D eigenvalue weighted by Crippen LogP contribution is 2.21. The largest absolute Gasteiger partial charge is 0.460 e. The van der Waals surface area contributed by atoms with Crippen LogP contribution < -0.4 is 16.0 Å². The average molecular weight is 289 g/mol. The summed E-state index contributed by atoms with van der Waals surface area (Å²) < 4.78 is 7.46. The van der Waals surface area contributed by atoms with Gasteiger partial charge in [-0.1, -0.05) is 12.8 Å². The summed E-state index contributed by atoms with van der Waals surface area (Å²) in [5.41, 5.74) is 2.44. The van der Waals surface area contributed by atoms with E-state index in [4.69, 9.17) is 10.6 Å². The van der Waals surface area contributed by atoms with Crippen LogP contribution in [0.5, 0.6) is 6.01 Å². The predicted octanol–water partition coefficient (Wildman–Crippen LogP) is 1.44. The van der Waals surface area contributed by atoms with Crippen LogP contribution in [0.2, 0.25) is 0 Å². The van der Waals surface area contributed by atoms with Crippen LogP contribution >= 0.6 is 0 Å². The van der Waals surface area contributed by atoms with E-state index in [0.29, 0.717) is 5.95 Å². The highest BCUT2D eigenvalue weighted by atomic mass is 16.5. The van der Waals surface area contributed by atoms with E-state index in [1.807, 2.05) is 0 Å². The average Bonchev–Trinajstić information content (AvgIpc) is 2.93. The zero-order valence-electron chi connectivity index (χ0n) is 11.8. The van der Waals surface area contributed by atoms with Gasteiger partial charge in [0.1, 0.15) is 6.10 Å². The quantitative estimate of drug-likeness (QED) is 0.498. The van der Waals surface area contributed by atoms with Gasteiger partial charge in [-0.15, -0.1) is 0 Å². The third kappa shape index (κ3) is 3.46. The van der Waals surface area contributed by atoms with Crippen molar-refractivity contribution in [2.24, 2.45) is 5.84 Å². The maximum atomic E-state index is 5.92. The summed E-state index contributed by atoms with van der Waals surface area (Å²) >= 11 is 0. The molecular weight excluding hydrogens is 270 g/mol. The predicted molar refractivity (Wildman–Crippen MR) is 76.9 cm³/mol. The summed E-state index contributed by atoms with van der Waals surface area (Å²) in [6, 6.07) is 2.08. The minimum atomic E-state index is 0.158. The molecule has 2 aromatic heterocycles. The smallest absolute Gasteiger partial charge is 0.323 e. The molecule has 1 aliphatic carbocycles. The molecule has 8 nitrogen and oxygen atoms in total. The van der Waals surface area contributed by atoms with E-state index in [0.717, 1.165) is 12.8 Å². The van der Waals surface area contributed by atoms with Gasteiger partial charge in [0.05, 0.1) is 0 Å². The van der Waals surface area contributed by atoms with Crippen molar-refractivity contribution < 1.29 is 4.74 Å². The number of nitrogens with zero attached hydrogens (tertiary/aromatic N) is 5. The van der Waals surface area contributed by atoms with E-state index < -0.39 is 0 Å². The van der Waals surface area contributed by atoms with Crippen molar-refractivity contribution in [2.45, 2.75) is 44.6 Å². The Bertz CT molecular complexity index is 564. The number of nitrogens with one attached hydrogen (secondary N) is 1. The third-order valence-electron chi connectivity index (χ3n) is 3.52. The molecule has 3 rings (SSSR count). The molecule has 0 radical (unpaired) electrons. The monoisotopic (exact) mass is 289 g/mol. The third-order valence-corrected chi connectivity index (χ3v) is 3.52. The fraction of sp³-hybridized carbons (Fsp3) is 0.538. The van der Waals surface area contributed by atoms with Crippen molar-refractivity contribution in [3.8, 4) is 12.0 Å². The lowest BCUT2D eigenvalue weighted by molar-refractivity contribution is 0.167. The molecule has 8 heteroatoms. The van der Waals surface area contributed by atoms with E-state index in [9.17, 15) is 0 Å². The van der Waals surface area contributed by atoms with Crippen LogP contribution in [-0.4, -0.2) is 30.8 Å². The molecule has 0 aliphatic heterocycles. The SMILES string of the molecule is NNc1nc(OC2CCCCCC2)nc(-n2cccn2)n1. The number of hydrogen-bond acceptors (Lipinski definition) is 7. The van der Waals surface area contributed by atoms with E-state index in [-0.39, 0.29) is 18.1 Å². The zero-order chi connectivity index (χ0) is 14.5. The van der Waals surface area contributed by atoms with Gasteiger partial charge in [0.15, 0.2) is 0 Å². The summed E-state index contributed by atoms with van der Waals surface area (Å²) in [5.74, 6) is 6.06. The number of anilines is 1. The molecule has 1 saturated carbocycles. The van der Waals surface area contributed by atoms with Gasteiger partial charge in [0.25, 0.3) is 5.95 Å². The van der Waals surface area contributed by atoms with Crippen LogP contribution in [0.25, 0.3) is 5.95 Å². The number of nitrogens with two attached hydrogens (primary N) is 1. The van der Waals surface area contributed by atoms with Gasteiger partial charge in [-0.05, 0) is 31.7 Å². The summed E-state index contributed by atoms with van der Waals surface area (Å²) in [4.78, 5) is 12.6. The highest BCUT2D eigenvalue weighted by Gasteiger charge is 2.17. The highest BCUT2D eigenvalue weighted by molar-refractivity contribution is 5.28. The van der Waals surface area contributed by atoms with E-state index >= 15 is 0 Å². The van der Waals surface area contributed by atoms with Crippen molar-refractivity contribution in [1.82, 2.24) is 24.7 Å². The maximum Gasteiger partial charge on any atom is 0.323 e. The molecule has 1 aliphatic rings. The molecule has 0 bridgehead atoms. The molecule has 21 heavy (non-hydrogen) atoms. The van der Waals surface area contributed by atoms with Gasteiger partial charge in [-0.3, -0.25) is 5.43 Å². The minimum absolute atomic E-state index is 0.158. The first kappa shape index (κ1) is 13.7. The summed E-state index contributed by atoms with van der Waals surface area (Å²) in [5, 5.41) is 4.10. The number of hydrogen-bond donors (Lipinski definition) is 2. The summed E-state index contributed by atoms with van der Waals surface area (Å²) in [7, 11) is 0. The van der Waals surface area contributed by atoms with Crippen LogP contribution in [-0.2, 0) is 0 Å². The molecule has 0 aromatic carbocycles. The Kier molecular flexibility index (Phi) is 4.25. The van der Waals surface area contributed by atoms with E-state index in [1.165, 1.54) is 25.7 Å². The first-order chi connectivity index (χ1) is 10.3. The Morgan fingerprint density at radius 2 is 1.95 bits per heavy atom. The van der Waals surface area contributed by atoms with E-state index in [2.05, 4.69) is 25.5 Å². The Labute approximate surface area is 122 Å². The van der Waals surface area contributed by atoms with Crippen LogP contribution in [0.3, 0.4) is 0 Å². The van der Waals surface area contributed by atoms with Crippen molar-refractivity contribution >= 4 is 5.95 Å². The second kappa shape index (κ2) is 6.49. The fourth-order valence-corrected chi connectivity index (χ4v) is 2.46. The van der Waals surface area contributed by atoms with Gasteiger partial charge in [-0.25, -0.2) is 10.5 Å². The molecule has 0 amide bonds. The van der Waals surface area contributed by atoms with Crippen LogP contribution in [0.4, 0.5) is 5.95 Å². The number of rotatable bonds is 4. The van der Waals surface area contributed by atoms with Crippen molar-refractivity contribution in [3.05, 3.63) is 18.5 Å². The first-order valence-corrected chi connectivity index (χ1v) is 7.24. The maximum absolute atomic E-state index is 5.92. The number of hydrazine groups is 1. The molecule has 0 unspecified atom stereocenters.